The van der Waals surface area contributed by atoms with Crippen LogP contribution in [-0.2, 0) is 17.8 Å². The lowest BCUT2D eigenvalue weighted by atomic mass is 10.3. The number of aryl methyl sites for hydroxylation is 1. The predicted octanol–water partition coefficient (Wildman–Crippen LogP) is 3.52. The second-order valence-electron chi connectivity index (χ2n) is 5.13. The number of halogens is 2. The summed E-state index contributed by atoms with van der Waals surface area (Å²) < 4.78 is 28.6. The van der Waals surface area contributed by atoms with Gasteiger partial charge in [-0.15, -0.1) is 0 Å². The highest BCUT2D eigenvalue weighted by atomic mass is 19.1. The summed E-state index contributed by atoms with van der Waals surface area (Å²) >= 11 is 0. The molecular weight excluding hydrogens is 300 g/mol. The number of para-hydroxylation sites is 2. The lowest BCUT2D eigenvalue weighted by Crippen LogP contribution is -2.20. The van der Waals surface area contributed by atoms with Crippen molar-refractivity contribution >= 4 is 22.6 Å². The van der Waals surface area contributed by atoms with Gasteiger partial charge in [0.2, 0.25) is 5.91 Å². The van der Waals surface area contributed by atoms with Gasteiger partial charge >= 0.3 is 0 Å². The molecule has 0 unspecified atom stereocenters. The van der Waals surface area contributed by atoms with E-state index in [1.165, 1.54) is 0 Å². The van der Waals surface area contributed by atoms with Crippen molar-refractivity contribution in [1.82, 2.24) is 9.55 Å². The van der Waals surface area contributed by atoms with Crippen LogP contribution in [0.15, 0.2) is 42.5 Å². The van der Waals surface area contributed by atoms with Crippen molar-refractivity contribution in [2.75, 3.05) is 5.32 Å². The number of rotatable bonds is 4. The zero-order valence-electron chi connectivity index (χ0n) is 12.5. The van der Waals surface area contributed by atoms with E-state index in [1.807, 2.05) is 31.2 Å². The van der Waals surface area contributed by atoms with Crippen molar-refractivity contribution in [3.05, 3.63) is 59.9 Å². The van der Waals surface area contributed by atoms with Gasteiger partial charge in [0.1, 0.15) is 24.0 Å². The number of imidazole rings is 1. The number of hydrogen-bond donors (Lipinski definition) is 1. The van der Waals surface area contributed by atoms with E-state index in [0.717, 1.165) is 35.1 Å². The maximum absolute atomic E-state index is 13.6. The van der Waals surface area contributed by atoms with Crippen LogP contribution in [0.25, 0.3) is 11.0 Å². The Bertz CT molecular complexity index is 873. The second kappa shape index (κ2) is 6.16. The maximum Gasteiger partial charge on any atom is 0.244 e. The zero-order valence-corrected chi connectivity index (χ0v) is 12.5. The third kappa shape index (κ3) is 3.06. The molecule has 0 saturated carbocycles. The van der Waals surface area contributed by atoms with E-state index in [2.05, 4.69) is 10.3 Å². The molecule has 0 spiro atoms. The number of hydrogen-bond acceptors (Lipinski definition) is 2. The topological polar surface area (TPSA) is 46.9 Å². The number of carbonyl (C=O) groups excluding carboxylic acids is 1. The quantitative estimate of drug-likeness (QED) is 0.801. The average Bonchev–Trinajstić information content (AvgIpc) is 2.89. The molecule has 118 valence electrons. The Labute approximate surface area is 131 Å². The first-order valence-electron chi connectivity index (χ1n) is 7.27. The summed E-state index contributed by atoms with van der Waals surface area (Å²) in [6.07, 6.45) is 0.663. The number of anilines is 1. The molecule has 3 aromatic rings. The van der Waals surface area contributed by atoms with E-state index in [-0.39, 0.29) is 12.2 Å². The Morgan fingerprint density at radius 3 is 2.78 bits per heavy atom. The van der Waals surface area contributed by atoms with Gasteiger partial charge in [-0.1, -0.05) is 19.1 Å². The number of amides is 1. The summed E-state index contributed by atoms with van der Waals surface area (Å²) in [6, 6.07) is 10.4. The molecule has 4 nitrogen and oxygen atoms in total. The fourth-order valence-electron chi connectivity index (χ4n) is 2.50. The lowest BCUT2D eigenvalue weighted by molar-refractivity contribution is -0.116. The molecule has 0 aliphatic heterocycles. The van der Waals surface area contributed by atoms with Crippen LogP contribution in [0.5, 0.6) is 0 Å². The number of aromatic nitrogens is 2. The van der Waals surface area contributed by atoms with Gasteiger partial charge in [0, 0.05) is 12.5 Å². The van der Waals surface area contributed by atoms with Crippen molar-refractivity contribution in [1.29, 1.82) is 0 Å². The van der Waals surface area contributed by atoms with Gasteiger partial charge in [-0.2, -0.15) is 0 Å². The smallest absolute Gasteiger partial charge is 0.244 e. The first-order valence-corrected chi connectivity index (χ1v) is 7.27. The first-order chi connectivity index (χ1) is 11.1. The van der Waals surface area contributed by atoms with Crippen LogP contribution in [0.4, 0.5) is 14.5 Å². The van der Waals surface area contributed by atoms with E-state index >= 15 is 0 Å². The Kier molecular flexibility index (Phi) is 4.06. The Morgan fingerprint density at radius 1 is 1.22 bits per heavy atom. The molecule has 1 amide bonds. The lowest BCUT2D eigenvalue weighted by Gasteiger charge is -2.10. The van der Waals surface area contributed by atoms with E-state index in [1.54, 1.807) is 4.57 Å². The predicted molar refractivity (Wildman–Crippen MR) is 84.1 cm³/mol. The van der Waals surface area contributed by atoms with E-state index in [0.29, 0.717) is 6.42 Å². The fourth-order valence-corrected chi connectivity index (χ4v) is 2.50. The van der Waals surface area contributed by atoms with Crippen LogP contribution in [0.2, 0.25) is 0 Å². The highest BCUT2D eigenvalue weighted by molar-refractivity contribution is 5.91. The third-order valence-corrected chi connectivity index (χ3v) is 3.55. The van der Waals surface area contributed by atoms with Crippen LogP contribution in [0, 0.1) is 11.6 Å². The Hall–Kier alpha value is -2.76. The van der Waals surface area contributed by atoms with Gasteiger partial charge in [-0.25, -0.2) is 13.8 Å². The number of nitrogens with zero attached hydrogens (tertiary/aromatic N) is 2. The van der Waals surface area contributed by atoms with Gasteiger partial charge < -0.3 is 9.88 Å². The molecule has 1 heterocycles. The van der Waals surface area contributed by atoms with Crippen LogP contribution in [-0.4, -0.2) is 15.5 Å². The largest absolute Gasteiger partial charge is 0.322 e. The van der Waals surface area contributed by atoms with Crippen molar-refractivity contribution in [2.45, 2.75) is 19.9 Å². The Morgan fingerprint density at radius 2 is 2.00 bits per heavy atom. The molecule has 23 heavy (non-hydrogen) atoms. The van der Waals surface area contributed by atoms with Crippen LogP contribution >= 0.6 is 0 Å². The number of nitrogens with one attached hydrogen (secondary N) is 1. The molecule has 0 aliphatic carbocycles. The monoisotopic (exact) mass is 315 g/mol. The normalized spacial score (nSPS) is 10.9. The highest BCUT2D eigenvalue weighted by Crippen LogP contribution is 2.18. The van der Waals surface area contributed by atoms with Gasteiger partial charge in [-0.3, -0.25) is 4.79 Å². The molecule has 0 bridgehead atoms. The minimum Gasteiger partial charge on any atom is -0.322 e. The molecular formula is C17H15F2N3O. The van der Waals surface area contributed by atoms with Crippen molar-refractivity contribution in [3.63, 3.8) is 0 Å². The van der Waals surface area contributed by atoms with Crippen LogP contribution in [0.1, 0.15) is 12.7 Å². The van der Waals surface area contributed by atoms with Gasteiger partial charge in [0.25, 0.3) is 0 Å². The molecule has 2 aromatic carbocycles. The summed E-state index contributed by atoms with van der Waals surface area (Å²) in [7, 11) is 0. The van der Waals surface area contributed by atoms with Crippen molar-refractivity contribution in [3.8, 4) is 0 Å². The maximum atomic E-state index is 13.6. The van der Waals surface area contributed by atoms with E-state index in [4.69, 9.17) is 0 Å². The molecule has 3 rings (SSSR count). The van der Waals surface area contributed by atoms with Crippen LogP contribution < -0.4 is 5.32 Å². The molecule has 0 radical (unpaired) electrons. The van der Waals surface area contributed by atoms with Crippen molar-refractivity contribution < 1.29 is 13.6 Å². The van der Waals surface area contributed by atoms with E-state index < -0.39 is 17.5 Å². The molecule has 1 aromatic heterocycles. The summed E-state index contributed by atoms with van der Waals surface area (Å²) in [6.45, 7) is 1.93. The SMILES string of the molecule is CCc1nc2ccccc2n1CC(=O)Nc1cc(F)ccc1F. The van der Waals surface area contributed by atoms with Crippen LogP contribution in [0.3, 0.4) is 0 Å². The summed E-state index contributed by atoms with van der Waals surface area (Å²) in [5.41, 5.74) is 1.46. The standard InChI is InChI=1S/C17H15F2N3O/c1-2-16-20-13-5-3-4-6-15(13)22(16)10-17(23)21-14-9-11(18)7-8-12(14)19/h3-9H,2,10H2,1H3,(H,21,23). The second-order valence-corrected chi connectivity index (χ2v) is 5.13. The number of benzene rings is 2. The molecule has 0 aliphatic rings. The molecule has 0 saturated heterocycles. The highest BCUT2D eigenvalue weighted by Gasteiger charge is 2.14. The van der Waals surface area contributed by atoms with E-state index in [9.17, 15) is 13.6 Å². The summed E-state index contributed by atoms with van der Waals surface area (Å²) in [5.74, 6) is -0.955. The van der Waals surface area contributed by atoms with Crippen molar-refractivity contribution in [2.24, 2.45) is 0 Å². The third-order valence-electron chi connectivity index (χ3n) is 3.55. The first kappa shape index (κ1) is 15.1. The fraction of sp³-hybridized carbons (Fsp3) is 0.176. The molecule has 6 heteroatoms. The minimum atomic E-state index is -0.675. The number of fused-ring (bicyclic) bond motifs is 1. The molecule has 0 atom stereocenters. The summed E-state index contributed by atoms with van der Waals surface area (Å²) in [5, 5.41) is 2.40. The Balaban J connectivity index is 1.87. The van der Waals surface area contributed by atoms with Gasteiger partial charge in [0.15, 0.2) is 0 Å². The minimum absolute atomic E-state index is 0.0142. The number of carbonyl (C=O) groups is 1. The van der Waals surface area contributed by atoms with Gasteiger partial charge in [-0.05, 0) is 24.3 Å². The zero-order chi connectivity index (χ0) is 16.4. The van der Waals surface area contributed by atoms with Gasteiger partial charge in [0.05, 0.1) is 16.7 Å². The average molecular weight is 315 g/mol. The summed E-state index contributed by atoms with van der Waals surface area (Å²) in [4.78, 5) is 16.7. The molecule has 1 N–H and O–H groups in total. The molecule has 0 fully saturated rings.